The van der Waals surface area contributed by atoms with Crippen molar-refractivity contribution in [3.63, 3.8) is 0 Å². The predicted molar refractivity (Wildman–Crippen MR) is 89.4 cm³/mol. The van der Waals surface area contributed by atoms with Crippen LogP contribution in [-0.4, -0.2) is 29.6 Å². The minimum atomic E-state index is -0.397. The lowest BCUT2D eigenvalue weighted by Gasteiger charge is -2.48. The first kappa shape index (κ1) is 16.5. The van der Waals surface area contributed by atoms with Crippen molar-refractivity contribution < 1.29 is 5.11 Å². The van der Waals surface area contributed by atoms with Gasteiger partial charge in [-0.3, -0.25) is 0 Å². The Labute approximate surface area is 130 Å². The van der Waals surface area contributed by atoms with E-state index in [1.807, 2.05) is 0 Å². The molecule has 1 N–H and O–H groups in total. The zero-order chi connectivity index (χ0) is 15.5. The van der Waals surface area contributed by atoms with E-state index in [0.717, 1.165) is 24.8 Å². The van der Waals surface area contributed by atoms with E-state index in [-0.39, 0.29) is 5.54 Å². The maximum atomic E-state index is 11.1. The van der Waals surface area contributed by atoms with E-state index in [1.165, 1.54) is 24.8 Å². The van der Waals surface area contributed by atoms with E-state index in [0.29, 0.717) is 5.92 Å². The molecule has 0 bridgehead atoms. The Morgan fingerprint density at radius 3 is 2.48 bits per heavy atom. The van der Waals surface area contributed by atoms with Crippen molar-refractivity contribution in [3.8, 4) is 0 Å². The van der Waals surface area contributed by atoms with Gasteiger partial charge in [0.05, 0.1) is 11.6 Å². The van der Waals surface area contributed by atoms with Gasteiger partial charge in [0, 0.05) is 0 Å². The van der Waals surface area contributed by atoms with Crippen molar-refractivity contribution in [2.45, 2.75) is 64.0 Å². The fourth-order valence-electron chi connectivity index (χ4n) is 3.93. The Bertz CT molecular complexity index is 439. The number of hydrogen-bond donors (Lipinski definition) is 1. The third-order valence-corrected chi connectivity index (χ3v) is 5.24. The molecule has 21 heavy (non-hydrogen) atoms. The van der Waals surface area contributed by atoms with Gasteiger partial charge in [-0.2, -0.15) is 0 Å². The summed E-state index contributed by atoms with van der Waals surface area (Å²) in [6, 6.07) is 8.61. The molecule has 118 valence electrons. The topological polar surface area (TPSA) is 23.5 Å². The Balaban J connectivity index is 2.23. The number of nitrogens with zero attached hydrogens (tertiary/aromatic N) is 1. The number of aryl methyl sites for hydroxylation is 1. The molecule has 1 aromatic rings. The molecule has 0 aromatic heterocycles. The summed E-state index contributed by atoms with van der Waals surface area (Å²) in [5.41, 5.74) is 2.33. The van der Waals surface area contributed by atoms with E-state index >= 15 is 0 Å². The van der Waals surface area contributed by atoms with Crippen LogP contribution in [0.2, 0.25) is 0 Å². The molecule has 1 aliphatic rings. The van der Waals surface area contributed by atoms with Gasteiger partial charge in [-0.15, -0.1) is 0 Å². The number of likely N-dealkylation sites (N-methyl/N-ethyl adjacent to an activating group) is 1. The van der Waals surface area contributed by atoms with Crippen LogP contribution in [0.25, 0.3) is 0 Å². The number of benzene rings is 1. The van der Waals surface area contributed by atoms with Crippen molar-refractivity contribution in [2.24, 2.45) is 5.92 Å². The van der Waals surface area contributed by atoms with Gasteiger partial charge in [-0.25, -0.2) is 0 Å². The van der Waals surface area contributed by atoms with Gasteiger partial charge in [0.1, 0.15) is 0 Å². The molecule has 0 radical (unpaired) electrons. The van der Waals surface area contributed by atoms with Crippen molar-refractivity contribution in [3.05, 3.63) is 35.4 Å². The smallest absolute Gasteiger partial charge is 0.0973 e. The van der Waals surface area contributed by atoms with E-state index in [4.69, 9.17) is 0 Å². The maximum Gasteiger partial charge on any atom is 0.0973 e. The molecule has 0 amide bonds. The van der Waals surface area contributed by atoms with Crippen LogP contribution in [0.4, 0.5) is 0 Å². The summed E-state index contributed by atoms with van der Waals surface area (Å²) in [7, 11) is 4.24. The van der Waals surface area contributed by atoms with Crippen molar-refractivity contribution >= 4 is 0 Å². The standard InChI is InChI=1S/C19H31NO/c1-5-7-16-9-11-17(12-10-16)18(21)19(20(3)4)13-6-8-15(2)14-19/h9-12,15,18,21H,5-8,13-14H2,1-4H3. The molecule has 1 saturated carbocycles. The van der Waals surface area contributed by atoms with Gasteiger partial charge >= 0.3 is 0 Å². The van der Waals surface area contributed by atoms with Crippen LogP contribution >= 0.6 is 0 Å². The largest absolute Gasteiger partial charge is 0.386 e. The first-order valence-corrected chi connectivity index (χ1v) is 8.44. The lowest BCUT2D eigenvalue weighted by atomic mass is 9.70. The van der Waals surface area contributed by atoms with Crippen LogP contribution in [-0.2, 0) is 6.42 Å². The highest BCUT2D eigenvalue weighted by atomic mass is 16.3. The highest BCUT2D eigenvalue weighted by Crippen LogP contribution is 2.44. The minimum Gasteiger partial charge on any atom is -0.386 e. The summed E-state index contributed by atoms with van der Waals surface area (Å²) in [5, 5.41) is 11.1. The van der Waals surface area contributed by atoms with Gasteiger partial charge in [-0.1, -0.05) is 57.4 Å². The van der Waals surface area contributed by atoms with Crippen LogP contribution in [0, 0.1) is 5.92 Å². The highest BCUT2D eigenvalue weighted by molar-refractivity contribution is 5.27. The Kier molecular flexibility index (Phi) is 5.45. The molecule has 1 fully saturated rings. The molecule has 0 saturated heterocycles. The normalized spacial score (nSPS) is 27.8. The molecule has 3 atom stereocenters. The summed E-state index contributed by atoms with van der Waals surface area (Å²) >= 11 is 0. The summed E-state index contributed by atoms with van der Waals surface area (Å²) in [5.74, 6) is 0.690. The van der Waals surface area contributed by atoms with Gasteiger partial charge in [-0.05, 0) is 50.4 Å². The molecule has 0 aliphatic heterocycles. The molecule has 3 unspecified atom stereocenters. The lowest BCUT2D eigenvalue weighted by molar-refractivity contribution is -0.0450. The zero-order valence-corrected chi connectivity index (χ0v) is 14.1. The SMILES string of the molecule is CCCc1ccc(C(O)C2(N(C)C)CCCC(C)C2)cc1. The van der Waals surface area contributed by atoms with Crippen LogP contribution in [0.3, 0.4) is 0 Å². The number of aliphatic hydroxyl groups excluding tert-OH is 1. The number of rotatable bonds is 5. The van der Waals surface area contributed by atoms with Crippen LogP contribution in [0.1, 0.15) is 63.2 Å². The molecule has 2 heteroatoms. The van der Waals surface area contributed by atoms with E-state index < -0.39 is 6.10 Å². The van der Waals surface area contributed by atoms with E-state index in [2.05, 4.69) is 57.1 Å². The number of aliphatic hydroxyl groups is 1. The molecule has 0 heterocycles. The predicted octanol–water partition coefficient (Wildman–Crippen LogP) is 4.18. The highest BCUT2D eigenvalue weighted by Gasteiger charge is 2.43. The van der Waals surface area contributed by atoms with E-state index in [1.54, 1.807) is 0 Å². The van der Waals surface area contributed by atoms with Crippen molar-refractivity contribution in [1.82, 2.24) is 4.90 Å². The quantitative estimate of drug-likeness (QED) is 0.879. The third-order valence-electron chi connectivity index (χ3n) is 5.24. The zero-order valence-electron chi connectivity index (χ0n) is 14.1. The fraction of sp³-hybridized carbons (Fsp3) is 0.684. The summed E-state index contributed by atoms with van der Waals surface area (Å²) in [4.78, 5) is 2.26. The Morgan fingerprint density at radius 1 is 1.29 bits per heavy atom. The van der Waals surface area contributed by atoms with Crippen molar-refractivity contribution in [2.75, 3.05) is 14.1 Å². The average Bonchev–Trinajstić information content (AvgIpc) is 2.47. The van der Waals surface area contributed by atoms with Crippen LogP contribution < -0.4 is 0 Å². The second-order valence-electron chi connectivity index (χ2n) is 7.09. The molecule has 1 aromatic carbocycles. The molecule has 2 nitrogen and oxygen atoms in total. The number of hydrogen-bond acceptors (Lipinski definition) is 2. The van der Waals surface area contributed by atoms with Crippen molar-refractivity contribution in [1.29, 1.82) is 0 Å². The van der Waals surface area contributed by atoms with Gasteiger partial charge in [0.2, 0.25) is 0 Å². The fourth-order valence-corrected chi connectivity index (χ4v) is 3.93. The first-order valence-electron chi connectivity index (χ1n) is 8.44. The van der Waals surface area contributed by atoms with Crippen LogP contribution in [0.15, 0.2) is 24.3 Å². The average molecular weight is 289 g/mol. The molecular formula is C19H31NO. The second-order valence-corrected chi connectivity index (χ2v) is 7.09. The maximum absolute atomic E-state index is 11.1. The Hall–Kier alpha value is -0.860. The molecule has 2 rings (SSSR count). The van der Waals surface area contributed by atoms with Crippen LogP contribution in [0.5, 0.6) is 0 Å². The van der Waals surface area contributed by atoms with E-state index in [9.17, 15) is 5.11 Å². The summed E-state index contributed by atoms with van der Waals surface area (Å²) in [6.45, 7) is 4.52. The molecule has 1 aliphatic carbocycles. The first-order chi connectivity index (χ1) is 9.99. The Morgan fingerprint density at radius 2 is 1.95 bits per heavy atom. The summed E-state index contributed by atoms with van der Waals surface area (Å²) in [6.07, 6.45) is 6.56. The third kappa shape index (κ3) is 3.49. The molecule has 0 spiro atoms. The lowest BCUT2D eigenvalue weighted by Crippen LogP contribution is -2.52. The summed E-state index contributed by atoms with van der Waals surface area (Å²) < 4.78 is 0. The van der Waals surface area contributed by atoms with Gasteiger partial charge < -0.3 is 10.0 Å². The molecular weight excluding hydrogens is 258 g/mol. The monoisotopic (exact) mass is 289 g/mol. The van der Waals surface area contributed by atoms with Gasteiger partial charge in [0.25, 0.3) is 0 Å². The minimum absolute atomic E-state index is 0.107. The second kappa shape index (κ2) is 6.93. The van der Waals surface area contributed by atoms with Gasteiger partial charge in [0.15, 0.2) is 0 Å².